The lowest BCUT2D eigenvalue weighted by Gasteiger charge is -2.13. The number of hydrogen-bond acceptors (Lipinski definition) is 4. The molecule has 0 fully saturated rings. The van der Waals surface area contributed by atoms with Gasteiger partial charge in [-0.2, -0.15) is 10.2 Å². The number of pyridine rings is 1. The average molecular weight is 398 g/mol. The fourth-order valence-electron chi connectivity index (χ4n) is 3.14. The van der Waals surface area contributed by atoms with Crippen LogP contribution in [-0.4, -0.2) is 42.4 Å². The first-order valence-electron chi connectivity index (χ1n) is 9.56. The summed E-state index contributed by atoms with van der Waals surface area (Å²) in [6.07, 6.45) is 12.5. The van der Waals surface area contributed by atoms with Crippen molar-refractivity contribution in [2.24, 2.45) is 7.05 Å². The van der Waals surface area contributed by atoms with Crippen LogP contribution in [0.3, 0.4) is 0 Å². The Morgan fingerprint density at radius 2 is 1.93 bits per heavy atom. The van der Waals surface area contributed by atoms with E-state index in [1.165, 1.54) is 0 Å². The van der Waals surface area contributed by atoms with Crippen molar-refractivity contribution in [2.75, 3.05) is 7.05 Å². The molecule has 0 spiro atoms. The van der Waals surface area contributed by atoms with Crippen LogP contribution in [0.25, 0.3) is 23.0 Å². The Balaban J connectivity index is 1.60. The van der Waals surface area contributed by atoms with Crippen LogP contribution in [0.1, 0.15) is 11.1 Å². The molecule has 0 aliphatic rings. The lowest BCUT2D eigenvalue weighted by atomic mass is 10.1. The van der Waals surface area contributed by atoms with Crippen LogP contribution in [0.15, 0.2) is 79.5 Å². The largest absolute Gasteiger partial charge is 0.338 e. The third-order valence-corrected chi connectivity index (χ3v) is 4.66. The number of amides is 1. The van der Waals surface area contributed by atoms with Crippen LogP contribution in [0, 0.1) is 0 Å². The summed E-state index contributed by atoms with van der Waals surface area (Å²) in [5, 5.41) is 8.88. The molecule has 0 saturated carbocycles. The molecule has 3 aromatic heterocycles. The van der Waals surface area contributed by atoms with Crippen LogP contribution < -0.4 is 0 Å². The van der Waals surface area contributed by atoms with Gasteiger partial charge in [-0.1, -0.05) is 18.2 Å². The molecule has 4 aromatic rings. The highest BCUT2D eigenvalue weighted by Gasteiger charge is 2.12. The Labute approximate surface area is 174 Å². The van der Waals surface area contributed by atoms with Crippen LogP contribution >= 0.6 is 0 Å². The topological polar surface area (TPSA) is 68.8 Å². The van der Waals surface area contributed by atoms with E-state index in [1.54, 1.807) is 47.4 Å². The third kappa shape index (κ3) is 4.35. The number of carbonyl (C=O) groups excluding carboxylic acids is 1. The van der Waals surface area contributed by atoms with Crippen molar-refractivity contribution >= 4 is 12.0 Å². The number of likely N-dealkylation sites (N-methyl/N-ethyl adjacent to an activating group) is 1. The monoisotopic (exact) mass is 398 g/mol. The number of aryl methyl sites for hydroxylation is 1. The highest BCUT2D eigenvalue weighted by atomic mass is 16.2. The van der Waals surface area contributed by atoms with E-state index < -0.39 is 0 Å². The van der Waals surface area contributed by atoms with Gasteiger partial charge in [0.15, 0.2) is 0 Å². The van der Waals surface area contributed by atoms with Crippen molar-refractivity contribution in [3.63, 3.8) is 0 Å². The zero-order chi connectivity index (χ0) is 20.9. The molecule has 1 amide bonds. The van der Waals surface area contributed by atoms with Gasteiger partial charge in [-0.05, 0) is 30.3 Å². The van der Waals surface area contributed by atoms with E-state index in [9.17, 15) is 4.79 Å². The number of para-hydroxylation sites is 1. The maximum Gasteiger partial charge on any atom is 0.246 e. The van der Waals surface area contributed by atoms with Gasteiger partial charge in [0.25, 0.3) is 0 Å². The van der Waals surface area contributed by atoms with Gasteiger partial charge >= 0.3 is 0 Å². The molecule has 3 heterocycles. The fourth-order valence-corrected chi connectivity index (χ4v) is 3.14. The van der Waals surface area contributed by atoms with E-state index in [4.69, 9.17) is 5.10 Å². The zero-order valence-electron chi connectivity index (χ0n) is 16.9. The highest BCUT2D eigenvalue weighted by molar-refractivity contribution is 5.92. The number of nitrogens with zero attached hydrogens (tertiary/aromatic N) is 6. The first kappa shape index (κ1) is 19.3. The summed E-state index contributed by atoms with van der Waals surface area (Å²) in [5.41, 5.74) is 4.43. The van der Waals surface area contributed by atoms with E-state index in [0.717, 1.165) is 28.1 Å². The Morgan fingerprint density at radius 1 is 1.10 bits per heavy atom. The number of benzene rings is 1. The second-order valence-electron chi connectivity index (χ2n) is 7.00. The SMILES string of the molecule is CN(Cc1cnn(C)c1)C(=O)/C=C/c1cn(-c2ccccc2)nc1-c1cccnc1. The summed E-state index contributed by atoms with van der Waals surface area (Å²) < 4.78 is 3.54. The Kier molecular flexibility index (Phi) is 5.52. The molecule has 0 bridgehead atoms. The molecule has 0 aliphatic carbocycles. The normalized spacial score (nSPS) is 11.1. The molecule has 0 saturated heterocycles. The lowest BCUT2D eigenvalue weighted by Crippen LogP contribution is -2.23. The molecule has 4 rings (SSSR count). The molecule has 7 nitrogen and oxygen atoms in total. The number of hydrogen-bond donors (Lipinski definition) is 0. The van der Waals surface area contributed by atoms with Gasteiger partial charge in [-0.15, -0.1) is 0 Å². The fraction of sp³-hybridized carbons (Fsp3) is 0.130. The first-order valence-corrected chi connectivity index (χ1v) is 9.56. The van der Waals surface area contributed by atoms with Crippen LogP contribution in [0.4, 0.5) is 0 Å². The van der Waals surface area contributed by atoms with Gasteiger partial charge in [0.2, 0.25) is 5.91 Å². The molecule has 0 radical (unpaired) electrons. The summed E-state index contributed by atoms with van der Waals surface area (Å²) in [6, 6.07) is 13.7. The standard InChI is InChI=1S/C23H22N6O/c1-27(15-18-13-25-28(2)16-18)22(30)11-10-20-17-29(21-8-4-3-5-9-21)26-23(20)19-7-6-12-24-14-19/h3-14,16-17H,15H2,1-2H3/b11-10+. The van der Waals surface area contributed by atoms with Gasteiger partial charge < -0.3 is 4.90 Å². The van der Waals surface area contributed by atoms with Gasteiger partial charge in [0, 0.05) is 68.2 Å². The molecule has 0 atom stereocenters. The van der Waals surface area contributed by atoms with E-state index in [-0.39, 0.29) is 5.91 Å². The predicted molar refractivity (Wildman–Crippen MR) is 116 cm³/mol. The highest BCUT2D eigenvalue weighted by Crippen LogP contribution is 2.24. The minimum atomic E-state index is -0.0940. The molecule has 30 heavy (non-hydrogen) atoms. The van der Waals surface area contributed by atoms with Gasteiger partial charge in [0.1, 0.15) is 5.69 Å². The second-order valence-corrected chi connectivity index (χ2v) is 7.00. The van der Waals surface area contributed by atoms with Crippen molar-refractivity contribution in [1.29, 1.82) is 0 Å². The zero-order valence-corrected chi connectivity index (χ0v) is 16.9. The number of rotatable bonds is 6. The van der Waals surface area contributed by atoms with Crippen LogP contribution in [-0.2, 0) is 18.4 Å². The van der Waals surface area contributed by atoms with Gasteiger partial charge in [-0.25, -0.2) is 4.68 Å². The van der Waals surface area contributed by atoms with E-state index in [2.05, 4.69) is 10.1 Å². The van der Waals surface area contributed by atoms with E-state index in [0.29, 0.717) is 6.54 Å². The van der Waals surface area contributed by atoms with Crippen LogP contribution in [0.5, 0.6) is 0 Å². The maximum absolute atomic E-state index is 12.6. The molecule has 0 aliphatic heterocycles. The summed E-state index contributed by atoms with van der Waals surface area (Å²) in [7, 11) is 3.63. The predicted octanol–water partition coefficient (Wildman–Crippen LogP) is 3.34. The Bertz CT molecular complexity index is 1160. The van der Waals surface area contributed by atoms with Crippen molar-refractivity contribution in [3.8, 4) is 16.9 Å². The molecular formula is C23H22N6O. The average Bonchev–Trinajstić information content (AvgIpc) is 3.39. The van der Waals surface area contributed by atoms with Crippen molar-refractivity contribution in [2.45, 2.75) is 6.54 Å². The van der Waals surface area contributed by atoms with Crippen LogP contribution in [0.2, 0.25) is 0 Å². The third-order valence-electron chi connectivity index (χ3n) is 4.66. The molecule has 150 valence electrons. The minimum Gasteiger partial charge on any atom is -0.338 e. The molecular weight excluding hydrogens is 376 g/mol. The molecule has 7 heteroatoms. The van der Waals surface area contributed by atoms with E-state index >= 15 is 0 Å². The van der Waals surface area contributed by atoms with Crippen molar-refractivity contribution in [3.05, 3.63) is 90.7 Å². The summed E-state index contributed by atoms with van der Waals surface area (Å²) in [5.74, 6) is -0.0940. The number of carbonyl (C=O) groups is 1. The van der Waals surface area contributed by atoms with Gasteiger partial charge in [-0.3, -0.25) is 14.5 Å². The van der Waals surface area contributed by atoms with Crippen molar-refractivity contribution in [1.82, 2.24) is 29.4 Å². The second kappa shape index (κ2) is 8.57. The van der Waals surface area contributed by atoms with E-state index in [1.807, 2.05) is 66.6 Å². The summed E-state index contributed by atoms with van der Waals surface area (Å²) >= 11 is 0. The number of aromatic nitrogens is 5. The Hall–Kier alpha value is -4.00. The maximum atomic E-state index is 12.6. The molecule has 0 N–H and O–H groups in total. The minimum absolute atomic E-state index is 0.0940. The summed E-state index contributed by atoms with van der Waals surface area (Å²) in [4.78, 5) is 18.5. The molecule has 0 unspecified atom stereocenters. The van der Waals surface area contributed by atoms with Crippen molar-refractivity contribution < 1.29 is 4.79 Å². The quantitative estimate of drug-likeness (QED) is 0.467. The Morgan fingerprint density at radius 3 is 2.63 bits per heavy atom. The molecule has 1 aromatic carbocycles. The smallest absolute Gasteiger partial charge is 0.246 e. The van der Waals surface area contributed by atoms with Gasteiger partial charge in [0.05, 0.1) is 11.9 Å². The summed E-state index contributed by atoms with van der Waals surface area (Å²) in [6.45, 7) is 0.496. The lowest BCUT2D eigenvalue weighted by molar-refractivity contribution is -0.125. The first-order chi connectivity index (χ1) is 14.6.